The van der Waals surface area contributed by atoms with E-state index in [1.807, 2.05) is 11.6 Å². The van der Waals surface area contributed by atoms with E-state index in [0.717, 1.165) is 35.5 Å². The average Bonchev–Trinajstić information content (AvgIpc) is 3.01. The Hall–Kier alpha value is -2.24. The van der Waals surface area contributed by atoms with Crippen LogP contribution in [0.3, 0.4) is 0 Å². The molecule has 0 aliphatic heterocycles. The van der Waals surface area contributed by atoms with Gasteiger partial charge in [-0.1, -0.05) is 0 Å². The Balaban J connectivity index is 1.97. The molecule has 0 bridgehead atoms. The topological polar surface area (TPSA) is 72.3 Å². The molecule has 1 N–H and O–H groups in total. The number of aromatic amines is 1. The second-order valence-corrected chi connectivity index (χ2v) is 4.63. The number of aromatic nitrogens is 6. The van der Waals surface area contributed by atoms with Crippen molar-refractivity contribution in [1.82, 2.24) is 29.9 Å². The van der Waals surface area contributed by atoms with Crippen molar-refractivity contribution in [2.45, 2.75) is 26.2 Å². The second-order valence-electron chi connectivity index (χ2n) is 4.63. The summed E-state index contributed by atoms with van der Waals surface area (Å²) in [5.41, 5.74) is 3.29. The number of rotatable bonds is 1. The van der Waals surface area contributed by atoms with Crippen LogP contribution in [-0.2, 0) is 12.8 Å². The van der Waals surface area contributed by atoms with Gasteiger partial charge in [-0.25, -0.2) is 14.6 Å². The number of nitrogens with one attached hydrogen (secondary N) is 1. The Morgan fingerprint density at radius 1 is 1.28 bits per heavy atom. The van der Waals surface area contributed by atoms with Crippen molar-refractivity contribution in [3.8, 4) is 5.82 Å². The molecule has 18 heavy (non-hydrogen) atoms. The van der Waals surface area contributed by atoms with Crippen molar-refractivity contribution in [3.05, 3.63) is 29.5 Å². The van der Waals surface area contributed by atoms with Crippen molar-refractivity contribution >= 4 is 11.0 Å². The van der Waals surface area contributed by atoms with Crippen LogP contribution in [0.15, 0.2) is 12.4 Å². The van der Waals surface area contributed by atoms with Crippen LogP contribution in [0.5, 0.6) is 0 Å². The molecule has 6 heteroatoms. The fraction of sp³-hybridized carbons (Fsp3) is 0.333. The maximum atomic E-state index is 4.62. The molecule has 1 aliphatic rings. The van der Waals surface area contributed by atoms with Crippen LogP contribution in [0.2, 0.25) is 0 Å². The van der Waals surface area contributed by atoms with Crippen LogP contribution < -0.4 is 0 Å². The van der Waals surface area contributed by atoms with Gasteiger partial charge in [-0.05, 0) is 31.7 Å². The minimum Gasteiger partial charge on any atom is -0.261 e. The van der Waals surface area contributed by atoms with E-state index in [9.17, 15) is 0 Å². The molecule has 0 atom stereocenters. The molecule has 4 rings (SSSR count). The van der Waals surface area contributed by atoms with Gasteiger partial charge in [0.15, 0.2) is 11.5 Å². The number of aryl methyl sites for hydroxylation is 3. The first-order chi connectivity index (χ1) is 8.81. The smallest absolute Gasteiger partial charge is 0.168 e. The Bertz CT molecular complexity index is 717. The van der Waals surface area contributed by atoms with Crippen molar-refractivity contribution in [2.24, 2.45) is 0 Å². The van der Waals surface area contributed by atoms with E-state index in [2.05, 4.69) is 31.5 Å². The summed E-state index contributed by atoms with van der Waals surface area (Å²) in [4.78, 5) is 8.80. The summed E-state index contributed by atoms with van der Waals surface area (Å²) in [5, 5.41) is 12.4. The average molecular weight is 240 g/mol. The monoisotopic (exact) mass is 240 g/mol. The Kier molecular flexibility index (Phi) is 1.83. The molecular formula is C12H12N6. The second kappa shape index (κ2) is 3.38. The van der Waals surface area contributed by atoms with Crippen molar-refractivity contribution < 1.29 is 0 Å². The van der Waals surface area contributed by atoms with Crippen LogP contribution in [0, 0.1) is 6.92 Å². The maximum Gasteiger partial charge on any atom is 0.168 e. The predicted octanol–water partition coefficient (Wildman–Crippen LogP) is 1.34. The van der Waals surface area contributed by atoms with E-state index in [0.29, 0.717) is 0 Å². The van der Waals surface area contributed by atoms with Gasteiger partial charge in [0.25, 0.3) is 0 Å². The molecule has 90 valence electrons. The molecule has 1 aliphatic carbocycles. The largest absolute Gasteiger partial charge is 0.261 e. The summed E-state index contributed by atoms with van der Waals surface area (Å²) in [6.07, 6.45) is 7.23. The summed E-state index contributed by atoms with van der Waals surface area (Å²) in [7, 11) is 0. The molecule has 0 saturated carbocycles. The lowest BCUT2D eigenvalue weighted by molar-refractivity contribution is 0.783. The third-order valence-corrected chi connectivity index (χ3v) is 3.36. The van der Waals surface area contributed by atoms with Crippen LogP contribution in [0.1, 0.15) is 23.5 Å². The highest BCUT2D eigenvalue weighted by molar-refractivity contribution is 5.81. The third kappa shape index (κ3) is 1.28. The molecule has 0 unspecified atom stereocenters. The predicted molar refractivity (Wildman–Crippen MR) is 65.6 cm³/mol. The molecule has 6 nitrogen and oxygen atoms in total. The number of hydrogen-bond acceptors (Lipinski definition) is 4. The van der Waals surface area contributed by atoms with E-state index >= 15 is 0 Å². The van der Waals surface area contributed by atoms with Gasteiger partial charge in [0, 0.05) is 6.20 Å². The molecule has 0 amide bonds. The summed E-state index contributed by atoms with van der Waals surface area (Å²) in [6, 6.07) is 0. The molecule has 3 aromatic heterocycles. The summed E-state index contributed by atoms with van der Waals surface area (Å²) >= 11 is 0. The minimum absolute atomic E-state index is 0.720. The SMILES string of the molecule is Cc1nc(-n2cc3c(n2)CCC3)c2cn[nH]c2n1. The number of hydrogen-bond donors (Lipinski definition) is 1. The first kappa shape index (κ1) is 9.76. The summed E-state index contributed by atoms with van der Waals surface area (Å²) in [6.45, 7) is 1.88. The number of H-pyrrole nitrogens is 1. The zero-order chi connectivity index (χ0) is 12.1. The van der Waals surface area contributed by atoms with Gasteiger partial charge in [0.05, 0.1) is 17.3 Å². The third-order valence-electron chi connectivity index (χ3n) is 3.36. The molecule has 0 spiro atoms. The first-order valence-corrected chi connectivity index (χ1v) is 6.07. The highest BCUT2D eigenvalue weighted by Crippen LogP contribution is 2.23. The minimum atomic E-state index is 0.720. The lowest BCUT2D eigenvalue weighted by Crippen LogP contribution is -2.03. The number of fused-ring (bicyclic) bond motifs is 2. The molecule has 0 saturated heterocycles. The fourth-order valence-corrected chi connectivity index (χ4v) is 2.52. The Morgan fingerprint density at radius 3 is 3.11 bits per heavy atom. The van der Waals surface area contributed by atoms with Crippen LogP contribution in [0.4, 0.5) is 0 Å². The van der Waals surface area contributed by atoms with Crippen LogP contribution in [0.25, 0.3) is 16.9 Å². The highest BCUT2D eigenvalue weighted by Gasteiger charge is 2.18. The summed E-state index contributed by atoms with van der Waals surface area (Å²) in [5.74, 6) is 1.53. The Labute approximate surface area is 103 Å². The summed E-state index contributed by atoms with van der Waals surface area (Å²) < 4.78 is 1.86. The molecule has 0 fully saturated rings. The molecule has 3 heterocycles. The maximum absolute atomic E-state index is 4.62. The van der Waals surface area contributed by atoms with E-state index in [1.54, 1.807) is 6.20 Å². The lowest BCUT2D eigenvalue weighted by atomic mass is 10.3. The zero-order valence-electron chi connectivity index (χ0n) is 10.0. The standard InChI is InChI=1S/C12H12N6/c1-7-14-11-9(5-13-16-11)12(15-7)18-6-8-3-2-4-10(8)17-18/h5-6H,2-4H2,1H3,(H,13,14,15,16). The normalized spacial score (nSPS) is 14.3. The van der Waals surface area contributed by atoms with Gasteiger partial charge in [0.1, 0.15) is 5.82 Å². The van der Waals surface area contributed by atoms with E-state index in [1.165, 1.54) is 17.7 Å². The van der Waals surface area contributed by atoms with Gasteiger partial charge in [0.2, 0.25) is 0 Å². The van der Waals surface area contributed by atoms with Gasteiger partial charge in [-0.3, -0.25) is 5.10 Å². The van der Waals surface area contributed by atoms with E-state index in [-0.39, 0.29) is 0 Å². The van der Waals surface area contributed by atoms with Gasteiger partial charge in [-0.15, -0.1) is 0 Å². The Morgan fingerprint density at radius 2 is 2.22 bits per heavy atom. The zero-order valence-corrected chi connectivity index (χ0v) is 10.0. The van der Waals surface area contributed by atoms with Crippen molar-refractivity contribution in [1.29, 1.82) is 0 Å². The molecular weight excluding hydrogens is 228 g/mol. The fourth-order valence-electron chi connectivity index (χ4n) is 2.52. The van der Waals surface area contributed by atoms with Crippen LogP contribution in [-0.4, -0.2) is 29.9 Å². The van der Waals surface area contributed by atoms with Crippen molar-refractivity contribution in [2.75, 3.05) is 0 Å². The number of nitrogens with zero attached hydrogens (tertiary/aromatic N) is 5. The van der Waals surface area contributed by atoms with Crippen LogP contribution >= 0.6 is 0 Å². The quantitative estimate of drug-likeness (QED) is 0.696. The van der Waals surface area contributed by atoms with Gasteiger partial charge < -0.3 is 0 Å². The molecule has 3 aromatic rings. The van der Waals surface area contributed by atoms with Gasteiger partial charge in [-0.2, -0.15) is 10.2 Å². The van der Waals surface area contributed by atoms with E-state index < -0.39 is 0 Å². The lowest BCUT2D eigenvalue weighted by Gasteiger charge is -2.03. The highest BCUT2D eigenvalue weighted by atomic mass is 15.3. The molecule has 0 radical (unpaired) electrons. The molecule has 0 aromatic carbocycles. The first-order valence-electron chi connectivity index (χ1n) is 6.07. The van der Waals surface area contributed by atoms with E-state index in [4.69, 9.17) is 0 Å². The van der Waals surface area contributed by atoms with Crippen molar-refractivity contribution in [3.63, 3.8) is 0 Å². The van der Waals surface area contributed by atoms with Gasteiger partial charge >= 0.3 is 0 Å².